The molecule has 0 N–H and O–H groups in total. The molecule has 2 aliphatic rings. The molecule has 3 aromatic rings. The zero-order valence-electron chi connectivity index (χ0n) is 19.5. The molecule has 0 aliphatic heterocycles. The van der Waals surface area contributed by atoms with Crippen molar-refractivity contribution in [3.05, 3.63) is 77.0 Å². The Morgan fingerprint density at radius 2 is 1.58 bits per heavy atom. The highest BCUT2D eigenvalue weighted by molar-refractivity contribution is 5.75. The maximum absolute atomic E-state index is 5.01. The van der Waals surface area contributed by atoms with Crippen molar-refractivity contribution in [3.8, 4) is 22.4 Å². The SMILES string of the molecule is CCC1CC2CC(C)CC(C2)c2cc(-c3cccc(-c4c(C)cccc4C)c3)ncc21. The molecule has 0 amide bonds. The van der Waals surface area contributed by atoms with E-state index in [1.807, 2.05) is 0 Å². The molecule has 0 spiro atoms. The molecular weight excluding hydrogens is 374 g/mol. The number of aryl methyl sites for hydroxylation is 2. The first-order valence-corrected chi connectivity index (χ1v) is 12.2. The average molecular weight is 410 g/mol. The van der Waals surface area contributed by atoms with Crippen molar-refractivity contribution in [2.45, 2.75) is 71.6 Å². The molecule has 1 heterocycles. The van der Waals surface area contributed by atoms with Gasteiger partial charge >= 0.3 is 0 Å². The van der Waals surface area contributed by atoms with Gasteiger partial charge in [0.15, 0.2) is 0 Å². The summed E-state index contributed by atoms with van der Waals surface area (Å²) in [6.45, 7) is 9.23. The number of rotatable bonds is 3. The fourth-order valence-corrected chi connectivity index (χ4v) is 6.55. The van der Waals surface area contributed by atoms with Crippen molar-refractivity contribution in [2.75, 3.05) is 0 Å². The van der Waals surface area contributed by atoms with Gasteiger partial charge in [0.25, 0.3) is 0 Å². The lowest BCUT2D eigenvalue weighted by Crippen LogP contribution is -2.18. The van der Waals surface area contributed by atoms with Gasteiger partial charge in [-0.3, -0.25) is 4.98 Å². The van der Waals surface area contributed by atoms with E-state index in [4.69, 9.17) is 4.98 Å². The average Bonchev–Trinajstić information content (AvgIpc) is 2.87. The van der Waals surface area contributed by atoms with Crippen molar-refractivity contribution in [1.82, 2.24) is 4.98 Å². The van der Waals surface area contributed by atoms with Gasteiger partial charge < -0.3 is 0 Å². The van der Waals surface area contributed by atoms with E-state index in [0.29, 0.717) is 11.8 Å². The Morgan fingerprint density at radius 3 is 2.35 bits per heavy atom. The molecule has 4 unspecified atom stereocenters. The van der Waals surface area contributed by atoms with Crippen LogP contribution in [0.15, 0.2) is 54.7 Å². The number of pyridine rings is 1. The van der Waals surface area contributed by atoms with Gasteiger partial charge in [-0.15, -0.1) is 0 Å². The molecule has 2 aliphatic carbocycles. The van der Waals surface area contributed by atoms with E-state index in [1.54, 1.807) is 11.1 Å². The van der Waals surface area contributed by atoms with Crippen molar-refractivity contribution >= 4 is 0 Å². The van der Waals surface area contributed by atoms with Crippen LogP contribution in [0.2, 0.25) is 0 Å². The molecule has 2 aromatic carbocycles. The summed E-state index contributed by atoms with van der Waals surface area (Å²) in [5.41, 5.74) is 10.8. The smallest absolute Gasteiger partial charge is 0.0705 e. The van der Waals surface area contributed by atoms with Gasteiger partial charge in [0, 0.05) is 11.8 Å². The van der Waals surface area contributed by atoms with E-state index in [9.17, 15) is 0 Å². The van der Waals surface area contributed by atoms with E-state index in [0.717, 1.165) is 17.5 Å². The van der Waals surface area contributed by atoms with E-state index in [-0.39, 0.29) is 0 Å². The Hall–Kier alpha value is -2.41. The summed E-state index contributed by atoms with van der Waals surface area (Å²) in [4.78, 5) is 5.01. The quantitative estimate of drug-likeness (QED) is 0.423. The first-order valence-electron chi connectivity index (χ1n) is 12.2. The second kappa shape index (κ2) is 8.26. The number of hydrogen-bond acceptors (Lipinski definition) is 1. The van der Waals surface area contributed by atoms with Crippen LogP contribution in [-0.2, 0) is 0 Å². The largest absolute Gasteiger partial charge is 0.256 e. The predicted octanol–water partition coefficient (Wildman–Crippen LogP) is 8.45. The van der Waals surface area contributed by atoms with E-state index in [2.05, 4.69) is 82.4 Å². The zero-order chi connectivity index (χ0) is 21.5. The number of hydrogen-bond donors (Lipinski definition) is 0. The normalized spacial score (nSPS) is 25.0. The highest BCUT2D eigenvalue weighted by Gasteiger charge is 2.35. The Morgan fingerprint density at radius 1 is 0.839 bits per heavy atom. The molecule has 160 valence electrons. The van der Waals surface area contributed by atoms with Gasteiger partial charge in [-0.2, -0.15) is 0 Å². The van der Waals surface area contributed by atoms with Crippen LogP contribution < -0.4 is 0 Å². The standard InChI is InChI=1S/C30H35N/c1-5-23-14-22-12-19(2)13-26(15-22)27-17-29(31-18-28(23)27)24-10-7-11-25(16-24)30-20(3)8-6-9-21(30)4/h6-11,16-19,22-23,26H,5,12-15H2,1-4H3. The van der Waals surface area contributed by atoms with Crippen LogP contribution in [0.25, 0.3) is 22.4 Å². The summed E-state index contributed by atoms with van der Waals surface area (Å²) >= 11 is 0. The molecule has 1 fully saturated rings. The molecule has 1 nitrogen and oxygen atoms in total. The topological polar surface area (TPSA) is 12.9 Å². The first-order chi connectivity index (χ1) is 15.0. The molecule has 1 saturated carbocycles. The third-order valence-electron chi connectivity index (χ3n) is 7.93. The minimum Gasteiger partial charge on any atom is -0.256 e. The lowest BCUT2D eigenvalue weighted by molar-refractivity contribution is 0.241. The fraction of sp³-hybridized carbons (Fsp3) is 0.433. The molecule has 2 bridgehead atoms. The van der Waals surface area contributed by atoms with Gasteiger partial charge in [0.05, 0.1) is 5.69 Å². The van der Waals surface area contributed by atoms with Gasteiger partial charge in [0.1, 0.15) is 0 Å². The third kappa shape index (κ3) is 3.84. The Balaban J connectivity index is 1.58. The zero-order valence-corrected chi connectivity index (χ0v) is 19.5. The van der Waals surface area contributed by atoms with Crippen molar-refractivity contribution in [3.63, 3.8) is 0 Å². The second-order valence-corrected chi connectivity index (χ2v) is 10.3. The number of aromatic nitrogens is 1. The highest BCUT2D eigenvalue weighted by Crippen LogP contribution is 2.49. The van der Waals surface area contributed by atoms with Crippen LogP contribution in [0.1, 0.15) is 80.0 Å². The van der Waals surface area contributed by atoms with Gasteiger partial charge in [0.2, 0.25) is 0 Å². The molecule has 1 heteroatoms. The fourth-order valence-electron chi connectivity index (χ4n) is 6.55. The Bertz CT molecular complexity index is 1080. The minimum absolute atomic E-state index is 0.679. The molecule has 0 saturated heterocycles. The number of nitrogens with zero attached hydrogens (tertiary/aromatic N) is 1. The molecular formula is C30H35N. The number of fused-ring (bicyclic) bond motifs is 4. The molecule has 0 radical (unpaired) electrons. The van der Waals surface area contributed by atoms with Crippen molar-refractivity contribution in [1.29, 1.82) is 0 Å². The van der Waals surface area contributed by atoms with Crippen LogP contribution in [-0.4, -0.2) is 4.98 Å². The summed E-state index contributed by atoms with van der Waals surface area (Å²) in [6.07, 6.45) is 8.95. The predicted molar refractivity (Wildman–Crippen MR) is 131 cm³/mol. The van der Waals surface area contributed by atoms with Crippen LogP contribution >= 0.6 is 0 Å². The second-order valence-electron chi connectivity index (χ2n) is 10.3. The first kappa shape index (κ1) is 20.5. The maximum atomic E-state index is 5.01. The Labute approximate surface area is 187 Å². The summed E-state index contributed by atoms with van der Waals surface area (Å²) in [7, 11) is 0. The summed E-state index contributed by atoms with van der Waals surface area (Å²) in [5.74, 6) is 3.12. The molecule has 31 heavy (non-hydrogen) atoms. The lowest BCUT2D eigenvalue weighted by atomic mass is 9.73. The van der Waals surface area contributed by atoms with Crippen molar-refractivity contribution in [2.24, 2.45) is 11.8 Å². The van der Waals surface area contributed by atoms with Gasteiger partial charge in [-0.1, -0.05) is 50.2 Å². The minimum atomic E-state index is 0.679. The van der Waals surface area contributed by atoms with Gasteiger partial charge in [-0.25, -0.2) is 0 Å². The van der Waals surface area contributed by atoms with Crippen LogP contribution in [0.5, 0.6) is 0 Å². The number of benzene rings is 2. The van der Waals surface area contributed by atoms with E-state index < -0.39 is 0 Å². The molecule has 4 atom stereocenters. The highest BCUT2D eigenvalue weighted by atomic mass is 14.7. The summed E-state index contributed by atoms with van der Waals surface area (Å²) in [6, 6.07) is 18.0. The molecule has 1 aromatic heterocycles. The lowest BCUT2D eigenvalue weighted by Gasteiger charge is -2.32. The van der Waals surface area contributed by atoms with Crippen LogP contribution in [0, 0.1) is 25.7 Å². The third-order valence-corrected chi connectivity index (χ3v) is 7.93. The molecule has 5 rings (SSSR count). The van der Waals surface area contributed by atoms with Gasteiger partial charge in [-0.05, 0) is 115 Å². The Kier molecular flexibility index (Phi) is 5.46. The van der Waals surface area contributed by atoms with Crippen LogP contribution in [0.4, 0.5) is 0 Å². The maximum Gasteiger partial charge on any atom is 0.0705 e. The van der Waals surface area contributed by atoms with Crippen LogP contribution in [0.3, 0.4) is 0 Å². The van der Waals surface area contributed by atoms with E-state index >= 15 is 0 Å². The van der Waals surface area contributed by atoms with Crippen molar-refractivity contribution < 1.29 is 0 Å². The summed E-state index contributed by atoms with van der Waals surface area (Å²) < 4.78 is 0. The monoisotopic (exact) mass is 409 g/mol. The van der Waals surface area contributed by atoms with E-state index in [1.165, 1.54) is 59.9 Å². The summed E-state index contributed by atoms with van der Waals surface area (Å²) in [5, 5.41) is 0.